The van der Waals surface area contributed by atoms with E-state index in [0.29, 0.717) is 12.8 Å². The molecule has 39 heavy (non-hydrogen) atoms. The van der Waals surface area contributed by atoms with Gasteiger partial charge in [0, 0.05) is 35.0 Å². The van der Waals surface area contributed by atoms with Crippen LogP contribution < -0.4 is 0 Å². The number of ketones is 2. The van der Waals surface area contributed by atoms with Crippen LogP contribution in [0, 0.1) is 40.4 Å². The highest BCUT2D eigenvalue weighted by Gasteiger charge is 2.76. The first-order valence-corrected chi connectivity index (χ1v) is 14.1. The van der Waals surface area contributed by atoms with Crippen LogP contribution in [0.1, 0.15) is 99.0 Å². The summed E-state index contributed by atoms with van der Waals surface area (Å²) in [6, 6.07) is 0. The fourth-order valence-corrected chi connectivity index (χ4v) is 8.93. The van der Waals surface area contributed by atoms with E-state index in [2.05, 4.69) is 0 Å². The number of Topliss-reactive ketones (excluding diaryl/α,β-unsaturated/α-hetero) is 1. The molecule has 5 fully saturated rings. The minimum absolute atomic E-state index is 0.0558. The minimum atomic E-state index is -3.69. The molecule has 0 aromatic rings. The van der Waals surface area contributed by atoms with Gasteiger partial charge in [0.15, 0.2) is 24.3 Å². The maximum Gasteiger partial charge on any atom is 0.308 e. The SMILES string of the molecule is [2H]C1([2H])C[C@@H]2[C@H]([C@@H](O)C[C@@]3(C)[C@H]2C[C@H]2O[C@@]([2H])(C4CCCCC4)O[C@]23C(=O)COC(=O)C([2H])(C([2H])([2H])[2H])C([2H])([2H])[2H])[C@@]2(C)C=CC(=O)C=C12. The molecule has 0 unspecified atom stereocenters. The number of carbonyl (C=O) groups excluding carboxylic acids is 3. The zero-order valence-electron chi connectivity index (χ0n) is 32.5. The quantitative estimate of drug-likeness (QED) is 0.495. The number of aliphatic hydroxyl groups excluding tert-OH is 1. The van der Waals surface area contributed by atoms with Crippen LogP contribution in [-0.2, 0) is 28.6 Å². The van der Waals surface area contributed by atoms with Crippen molar-refractivity contribution >= 4 is 17.5 Å². The van der Waals surface area contributed by atoms with E-state index >= 15 is 0 Å². The molecule has 1 heterocycles. The Hall–Kier alpha value is -1.83. The van der Waals surface area contributed by atoms with E-state index in [9.17, 15) is 20.9 Å². The van der Waals surface area contributed by atoms with Crippen LogP contribution in [0.4, 0.5) is 0 Å². The second-order valence-corrected chi connectivity index (χ2v) is 12.7. The third-order valence-corrected chi connectivity index (χ3v) is 10.7. The molecule has 0 amide bonds. The van der Waals surface area contributed by atoms with Gasteiger partial charge in [-0.05, 0) is 62.5 Å². The Labute approximate surface area is 245 Å². The lowest BCUT2D eigenvalue weighted by atomic mass is 9.46. The highest BCUT2D eigenvalue weighted by Crippen LogP contribution is 2.70. The number of fused-ring (bicyclic) bond motifs is 7. The molecule has 7 nitrogen and oxygen atoms in total. The maximum atomic E-state index is 14.6. The summed E-state index contributed by atoms with van der Waals surface area (Å²) in [7, 11) is 0. The van der Waals surface area contributed by atoms with Crippen molar-refractivity contribution in [2.24, 2.45) is 40.4 Å². The lowest BCUT2D eigenvalue weighted by molar-refractivity contribution is -0.210. The Morgan fingerprint density at radius 3 is 2.79 bits per heavy atom. The largest absolute Gasteiger partial charge is 0.457 e. The first-order chi connectivity index (χ1) is 22.4. The van der Waals surface area contributed by atoms with E-state index < -0.39 is 103 Å². The molecule has 0 spiro atoms. The van der Waals surface area contributed by atoms with Gasteiger partial charge in [0.05, 0.1) is 19.5 Å². The summed E-state index contributed by atoms with van der Waals surface area (Å²) in [6.07, 6.45) is 1.98. The number of allylic oxidation sites excluding steroid dienone is 4. The molecule has 9 atom stereocenters. The van der Waals surface area contributed by atoms with E-state index in [0.717, 1.165) is 19.3 Å². The summed E-state index contributed by atoms with van der Waals surface area (Å²) in [6.45, 7) is -4.91. The number of carbonyl (C=O) groups is 3. The fourth-order valence-electron chi connectivity index (χ4n) is 8.93. The van der Waals surface area contributed by atoms with Gasteiger partial charge >= 0.3 is 5.97 Å². The van der Waals surface area contributed by atoms with Gasteiger partial charge < -0.3 is 19.3 Å². The van der Waals surface area contributed by atoms with Crippen molar-refractivity contribution in [3.05, 3.63) is 23.8 Å². The van der Waals surface area contributed by atoms with Gasteiger partial charge in [-0.15, -0.1) is 0 Å². The van der Waals surface area contributed by atoms with Crippen molar-refractivity contribution in [3.63, 3.8) is 0 Å². The number of ether oxygens (including phenoxy) is 3. The van der Waals surface area contributed by atoms with E-state index in [-0.39, 0.29) is 30.6 Å². The predicted octanol–water partition coefficient (Wildman–Crippen LogP) is 4.70. The van der Waals surface area contributed by atoms with E-state index in [4.69, 9.17) is 26.5 Å². The Balaban J connectivity index is 1.40. The van der Waals surface area contributed by atoms with Crippen molar-refractivity contribution < 1.29 is 47.4 Å². The third-order valence-electron chi connectivity index (χ3n) is 10.7. The average Bonchev–Trinajstić information content (AvgIpc) is 3.43. The minimum Gasteiger partial charge on any atom is -0.457 e. The molecule has 0 aromatic carbocycles. The molecule has 0 aromatic heterocycles. The normalized spacial score (nSPS) is 53.2. The molecule has 5 aliphatic carbocycles. The predicted molar refractivity (Wildman–Crippen MR) is 143 cm³/mol. The van der Waals surface area contributed by atoms with Gasteiger partial charge in [0.2, 0.25) is 5.78 Å². The van der Waals surface area contributed by atoms with E-state index in [1.54, 1.807) is 19.9 Å². The standard InChI is InChI=1S/C32H44O7/c1-18(2)28(36)37-17-25(35)32-26(38-29(39-32)19-8-6-5-7-9-19)15-23-22-11-10-20-14-21(33)12-13-30(20,3)27(22)24(34)16-31(23,32)4/h12-14,18-19,22-24,26-27,29,34H,5-11,15-17H2,1-4H3/t22-,23-,24-,26+,27+,29+,30-,31-,32+/m0/s1/i1D3,2D3,10D2,18D,29D. The summed E-state index contributed by atoms with van der Waals surface area (Å²) in [5.74, 6) is -8.90. The number of hydrogen-bond acceptors (Lipinski definition) is 7. The lowest BCUT2D eigenvalue weighted by Gasteiger charge is -2.59. The Bertz CT molecular complexity index is 1470. The van der Waals surface area contributed by atoms with Crippen LogP contribution in [-0.4, -0.2) is 53.3 Å². The molecular weight excluding hydrogens is 496 g/mol. The number of aliphatic hydroxyl groups is 1. The van der Waals surface area contributed by atoms with Crippen molar-refractivity contribution in [1.29, 1.82) is 0 Å². The fraction of sp³-hybridized carbons (Fsp3) is 0.781. The summed E-state index contributed by atoms with van der Waals surface area (Å²) < 4.78 is 99.5. The summed E-state index contributed by atoms with van der Waals surface area (Å²) in [5.41, 5.74) is -4.07. The van der Waals surface area contributed by atoms with Gasteiger partial charge in [0.1, 0.15) is 0 Å². The first kappa shape index (κ1) is 17.9. The maximum absolute atomic E-state index is 14.6. The van der Waals surface area contributed by atoms with Gasteiger partial charge in [0.25, 0.3) is 0 Å². The number of rotatable bonds is 5. The molecule has 1 saturated heterocycles. The first-order valence-electron chi connectivity index (χ1n) is 19.1. The Morgan fingerprint density at radius 2 is 2.05 bits per heavy atom. The number of hydrogen-bond donors (Lipinski definition) is 1. The van der Waals surface area contributed by atoms with Gasteiger partial charge in [-0.2, -0.15) is 0 Å². The van der Waals surface area contributed by atoms with Crippen LogP contribution in [0.3, 0.4) is 0 Å². The molecule has 214 valence electrons. The molecule has 7 heteroatoms. The van der Waals surface area contributed by atoms with Crippen LogP contribution in [0.2, 0.25) is 0 Å². The van der Waals surface area contributed by atoms with Crippen LogP contribution >= 0.6 is 0 Å². The van der Waals surface area contributed by atoms with Gasteiger partial charge in [-0.25, -0.2) is 0 Å². The number of esters is 1. The molecule has 6 rings (SSSR count). The zero-order valence-corrected chi connectivity index (χ0v) is 22.5. The van der Waals surface area contributed by atoms with Crippen molar-refractivity contribution in [3.8, 4) is 0 Å². The molecule has 0 radical (unpaired) electrons. The summed E-state index contributed by atoms with van der Waals surface area (Å²) in [5, 5.41) is 12.0. The molecule has 1 aliphatic heterocycles. The summed E-state index contributed by atoms with van der Waals surface area (Å²) in [4.78, 5) is 40.1. The Kier molecular flexibility index (Phi) is 4.41. The Morgan fingerprint density at radius 1 is 1.28 bits per heavy atom. The third kappa shape index (κ3) is 3.97. The monoisotopic (exact) mass is 550 g/mol. The van der Waals surface area contributed by atoms with E-state index in [1.807, 2.05) is 0 Å². The van der Waals surface area contributed by atoms with Crippen LogP contribution in [0.25, 0.3) is 0 Å². The molecule has 0 bridgehead atoms. The molecular formula is C32H44O7. The van der Waals surface area contributed by atoms with Crippen molar-refractivity contribution in [1.82, 2.24) is 0 Å². The highest BCUT2D eigenvalue weighted by atomic mass is 16.7. The van der Waals surface area contributed by atoms with Crippen molar-refractivity contribution in [2.75, 3.05) is 6.61 Å². The molecule has 1 N–H and O–H groups in total. The summed E-state index contributed by atoms with van der Waals surface area (Å²) >= 11 is 0. The van der Waals surface area contributed by atoms with Crippen molar-refractivity contribution in [2.45, 2.75) is 109 Å². The van der Waals surface area contributed by atoms with Gasteiger partial charge in [-0.1, -0.05) is 58.5 Å². The highest BCUT2D eigenvalue weighted by molar-refractivity contribution is 6.01. The lowest BCUT2D eigenvalue weighted by Crippen LogP contribution is -2.63. The van der Waals surface area contributed by atoms with Crippen LogP contribution in [0.15, 0.2) is 23.8 Å². The topological polar surface area (TPSA) is 99.1 Å². The molecule has 6 aliphatic rings. The van der Waals surface area contributed by atoms with E-state index in [1.165, 1.54) is 12.2 Å². The van der Waals surface area contributed by atoms with Crippen LogP contribution in [0.5, 0.6) is 0 Å². The second kappa shape index (κ2) is 9.63. The smallest absolute Gasteiger partial charge is 0.308 e. The van der Waals surface area contributed by atoms with Gasteiger partial charge in [-0.3, -0.25) is 14.4 Å². The average molecular weight is 551 g/mol. The second-order valence-electron chi connectivity index (χ2n) is 12.7. The molecule has 4 saturated carbocycles. The zero-order chi connectivity index (χ0) is 36.4.